The maximum Gasteiger partial charge on any atom is 0.260 e. The first-order valence-electron chi connectivity index (χ1n) is 18.4. The lowest BCUT2D eigenvalue weighted by Gasteiger charge is -2.43. The van der Waals surface area contributed by atoms with E-state index in [9.17, 15) is 0 Å². The largest absolute Gasteiger partial charge is 0.458 e. The van der Waals surface area contributed by atoms with Crippen molar-refractivity contribution in [2.24, 2.45) is 0 Å². The molecule has 0 spiro atoms. The average molecular weight is 690 g/mol. The van der Waals surface area contributed by atoms with E-state index < -0.39 is 8.07 Å². The maximum atomic E-state index is 6.75. The molecule has 0 unspecified atom stereocenters. The Balaban J connectivity index is 1.15. The highest BCUT2D eigenvalue weighted by Gasteiger charge is 2.50. The highest BCUT2D eigenvalue weighted by Crippen LogP contribution is 2.38. The van der Waals surface area contributed by atoms with Gasteiger partial charge < -0.3 is 9.47 Å². The van der Waals surface area contributed by atoms with Crippen molar-refractivity contribution in [3.05, 3.63) is 194 Å². The van der Waals surface area contributed by atoms with Crippen molar-refractivity contribution in [2.45, 2.75) is 0 Å². The minimum Gasteiger partial charge on any atom is -0.458 e. The minimum absolute atomic E-state index is 0.0232. The van der Waals surface area contributed by atoms with E-state index in [1.54, 1.807) is 0 Å². The number of benzene rings is 8. The van der Waals surface area contributed by atoms with Gasteiger partial charge in [-0.1, -0.05) is 186 Å². The average Bonchev–Trinajstić information content (AvgIpc) is 3.23. The van der Waals surface area contributed by atoms with Gasteiger partial charge in [0.1, 0.15) is 23.0 Å². The first-order valence-corrected chi connectivity index (χ1v) is 20.4. The van der Waals surface area contributed by atoms with Crippen LogP contribution in [-0.4, -0.2) is 21.5 Å². The van der Waals surface area contributed by atoms with Crippen LogP contribution < -0.4 is 63.0 Å². The second kappa shape index (κ2) is 11.9. The second-order valence-corrected chi connectivity index (χ2v) is 18.0. The standard InChI is InChI=1S/C48H32B2O2Si/c1-3-17-34(18-4-1)53(35-19-5-2-6-20-35)46-29-15-11-25-40(46)49(41-26-12-16-30-47(41)53)37-22-8-7-21-36(37)33-31-44-48-45(32-33)52-43-28-14-10-24-39(43)50(48)38-23-9-13-27-42(38)51-44/h1-32H. The predicted molar refractivity (Wildman–Crippen MR) is 224 cm³/mol. The van der Waals surface area contributed by atoms with Gasteiger partial charge in [0.25, 0.3) is 6.71 Å². The quantitative estimate of drug-likeness (QED) is 0.257. The molecule has 11 rings (SSSR count). The van der Waals surface area contributed by atoms with Crippen LogP contribution in [0.3, 0.4) is 0 Å². The summed E-state index contributed by atoms with van der Waals surface area (Å²) in [6.45, 7) is 0.0698. The molecular formula is C48H32B2O2Si. The van der Waals surface area contributed by atoms with Gasteiger partial charge in [0.15, 0.2) is 8.07 Å². The maximum absolute atomic E-state index is 6.75. The van der Waals surface area contributed by atoms with E-state index in [2.05, 4.69) is 194 Å². The molecule has 0 aliphatic carbocycles. The van der Waals surface area contributed by atoms with Crippen LogP contribution in [0.2, 0.25) is 0 Å². The summed E-state index contributed by atoms with van der Waals surface area (Å²) in [5.41, 5.74) is 9.71. The first kappa shape index (κ1) is 30.3. The molecule has 0 amide bonds. The Morgan fingerprint density at radius 2 is 0.755 bits per heavy atom. The van der Waals surface area contributed by atoms with Crippen LogP contribution >= 0.6 is 0 Å². The number of hydrogen-bond donors (Lipinski definition) is 0. The third-order valence-corrected chi connectivity index (χ3v) is 16.6. The number of fused-ring (bicyclic) bond motifs is 6. The Labute approximate surface area is 311 Å². The van der Waals surface area contributed by atoms with Crippen molar-refractivity contribution < 1.29 is 9.47 Å². The first-order chi connectivity index (χ1) is 26.3. The molecule has 53 heavy (non-hydrogen) atoms. The fraction of sp³-hybridized carbons (Fsp3) is 0. The van der Waals surface area contributed by atoms with Crippen molar-refractivity contribution in [1.29, 1.82) is 0 Å². The molecule has 0 bridgehead atoms. The lowest BCUT2D eigenvalue weighted by molar-refractivity contribution is 0.465. The van der Waals surface area contributed by atoms with Crippen molar-refractivity contribution in [2.75, 3.05) is 0 Å². The molecule has 3 aliphatic heterocycles. The highest BCUT2D eigenvalue weighted by molar-refractivity contribution is 7.26. The van der Waals surface area contributed by atoms with Gasteiger partial charge >= 0.3 is 0 Å². The number of rotatable bonds is 4. The molecule has 0 saturated heterocycles. The molecule has 0 radical (unpaired) electrons. The summed E-state index contributed by atoms with van der Waals surface area (Å²) in [5, 5.41) is 5.69. The highest BCUT2D eigenvalue weighted by atomic mass is 28.3. The van der Waals surface area contributed by atoms with Gasteiger partial charge in [-0.3, -0.25) is 0 Å². The molecular weight excluding hydrogens is 658 g/mol. The van der Waals surface area contributed by atoms with Gasteiger partial charge in [0, 0.05) is 5.46 Å². The van der Waals surface area contributed by atoms with Gasteiger partial charge in [0.2, 0.25) is 6.71 Å². The Hall–Kier alpha value is -6.29. The normalized spacial score (nSPS) is 14.0. The van der Waals surface area contributed by atoms with Crippen molar-refractivity contribution in [3.8, 4) is 34.1 Å². The topological polar surface area (TPSA) is 18.5 Å². The molecule has 3 heterocycles. The molecule has 0 atom stereocenters. The SMILES string of the molecule is c1ccc([Si]2(c3ccccc3)c3ccccc3B(c3ccccc3-c3cc4c5c(c3)Oc3ccccc3B5c3ccccc3O4)c3ccccc32)cc1. The van der Waals surface area contributed by atoms with Crippen LogP contribution in [0.1, 0.15) is 0 Å². The summed E-state index contributed by atoms with van der Waals surface area (Å²) in [6.07, 6.45) is 0. The zero-order valence-corrected chi connectivity index (χ0v) is 29.9. The second-order valence-electron chi connectivity index (χ2n) is 14.3. The van der Waals surface area contributed by atoms with E-state index in [1.807, 2.05) is 0 Å². The van der Waals surface area contributed by atoms with Gasteiger partial charge in [0.05, 0.1) is 0 Å². The minimum atomic E-state index is -2.69. The predicted octanol–water partition coefficient (Wildman–Crippen LogP) is 4.29. The van der Waals surface area contributed by atoms with Gasteiger partial charge in [-0.2, -0.15) is 0 Å². The van der Waals surface area contributed by atoms with E-state index in [1.165, 1.54) is 53.6 Å². The Morgan fingerprint density at radius 3 is 1.28 bits per heavy atom. The van der Waals surface area contributed by atoms with Crippen LogP contribution in [0.25, 0.3) is 11.1 Å². The summed E-state index contributed by atoms with van der Waals surface area (Å²) in [5.74, 6) is 3.51. The summed E-state index contributed by atoms with van der Waals surface area (Å²) < 4.78 is 13.5. The van der Waals surface area contributed by atoms with Crippen molar-refractivity contribution >= 4 is 75.0 Å². The molecule has 3 aliphatic rings. The number of para-hydroxylation sites is 2. The number of hydrogen-bond acceptors (Lipinski definition) is 2. The van der Waals surface area contributed by atoms with Gasteiger partial charge in [-0.05, 0) is 67.1 Å². The molecule has 246 valence electrons. The van der Waals surface area contributed by atoms with E-state index in [0.29, 0.717) is 0 Å². The number of ether oxygens (including phenoxy) is 2. The van der Waals surface area contributed by atoms with E-state index in [0.717, 1.165) is 34.0 Å². The summed E-state index contributed by atoms with van der Waals surface area (Å²) >= 11 is 0. The van der Waals surface area contributed by atoms with Crippen molar-refractivity contribution in [3.63, 3.8) is 0 Å². The summed E-state index contributed by atoms with van der Waals surface area (Å²) in [7, 11) is -2.69. The Morgan fingerprint density at radius 1 is 0.340 bits per heavy atom. The Bertz CT molecular complexity index is 2550. The fourth-order valence-corrected chi connectivity index (χ4v) is 14.8. The monoisotopic (exact) mass is 690 g/mol. The van der Waals surface area contributed by atoms with Gasteiger partial charge in [-0.25, -0.2) is 0 Å². The molecule has 8 aromatic carbocycles. The molecule has 2 nitrogen and oxygen atoms in total. The lowest BCUT2D eigenvalue weighted by atomic mass is 9.34. The van der Waals surface area contributed by atoms with Crippen molar-refractivity contribution in [1.82, 2.24) is 0 Å². The summed E-state index contributed by atoms with van der Waals surface area (Å²) in [6, 6.07) is 71.2. The molecule has 5 heteroatoms. The van der Waals surface area contributed by atoms with Crippen LogP contribution in [0, 0.1) is 0 Å². The molecule has 0 aromatic heterocycles. The zero-order chi connectivity index (χ0) is 34.9. The fourth-order valence-electron chi connectivity index (χ4n) is 9.55. The molecule has 0 saturated carbocycles. The van der Waals surface area contributed by atoms with Crippen LogP contribution in [0.5, 0.6) is 23.0 Å². The van der Waals surface area contributed by atoms with E-state index in [4.69, 9.17) is 9.47 Å². The van der Waals surface area contributed by atoms with E-state index in [-0.39, 0.29) is 13.4 Å². The van der Waals surface area contributed by atoms with Gasteiger partial charge in [-0.15, -0.1) is 0 Å². The smallest absolute Gasteiger partial charge is 0.260 e. The van der Waals surface area contributed by atoms with Crippen LogP contribution in [0.4, 0.5) is 0 Å². The van der Waals surface area contributed by atoms with E-state index >= 15 is 0 Å². The molecule has 8 aromatic rings. The summed E-state index contributed by atoms with van der Waals surface area (Å²) in [4.78, 5) is 0. The van der Waals surface area contributed by atoms with Crippen LogP contribution in [0.15, 0.2) is 194 Å². The lowest BCUT2D eigenvalue weighted by Crippen LogP contribution is -2.86. The van der Waals surface area contributed by atoms with Crippen LogP contribution in [-0.2, 0) is 0 Å². The molecule has 0 N–H and O–H groups in total. The molecule has 0 fully saturated rings. The zero-order valence-electron chi connectivity index (χ0n) is 28.9. The third-order valence-electron chi connectivity index (χ3n) is 11.6. The Kier molecular flexibility index (Phi) is 6.80. The third kappa shape index (κ3) is 4.41.